The number of likely N-dealkylation sites (tertiary alicyclic amines) is 1. The molecule has 1 saturated heterocycles. The highest BCUT2D eigenvalue weighted by Gasteiger charge is 2.48. The van der Waals surface area contributed by atoms with Gasteiger partial charge in [0.25, 0.3) is 0 Å². The van der Waals surface area contributed by atoms with Crippen LogP contribution in [0.15, 0.2) is 22.7 Å². The number of hydrogen-bond acceptors (Lipinski definition) is 6. The monoisotopic (exact) mass is 385 g/mol. The smallest absolute Gasteiger partial charge is 0.249 e. The fourth-order valence-electron chi connectivity index (χ4n) is 4.73. The molecule has 28 heavy (non-hydrogen) atoms. The Labute approximate surface area is 165 Å². The van der Waals surface area contributed by atoms with Crippen molar-refractivity contribution < 1.29 is 18.8 Å². The molecule has 2 heterocycles. The van der Waals surface area contributed by atoms with Crippen LogP contribution < -0.4 is 9.47 Å². The Morgan fingerprint density at radius 1 is 1.18 bits per heavy atom. The fourth-order valence-corrected chi connectivity index (χ4v) is 4.73. The lowest BCUT2D eigenvalue weighted by Crippen LogP contribution is -2.45. The molecule has 1 amide bonds. The summed E-state index contributed by atoms with van der Waals surface area (Å²) in [7, 11) is 3.24. The Morgan fingerprint density at radius 2 is 1.93 bits per heavy atom. The summed E-state index contributed by atoms with van der Waals surface area (Å²) in [6.07, 6.45) is 5.56. The molecule has 0 N–H and O–H groups in total. The van der Waals surface area contributed by atoms with Crippen LogP contribution in [-0.4, -0.2) is 41.7 Å². The molecule has 4 rings (SSSR count). The second-order valence-corrected chi connectivity index (χ2v) is 7.70. The van der Waals surface area contributed by atoms with Crippen molar-refractivity contribution in [3.8, 4) is 11.5 Å². The molecule has 150 valence electrons. The molecular formula is C21H27N3O4. The molecule has 2 aliphatic rings. The molecule has 1 atom stereocenters. The minimum atomic E-state index is -0.531. The van der Waals surface area contributed by atoms with Crippen LogP contribution in [0.5, 0.6) is 11.5 Å². The second-order valence-electron chi connectivity index (χ2n) is 7.70. The molecule has 1 aromatic carbocycles. The molecule has 0 radical (unpaired) electrons. The highest BCUT2D eigenvalue weighted by atomic mass is 16.5. The first kappa shape index (κ1) is 18.8. The maximum absolute atomic E-state index is 13.9. The van der Waals surface area contributed by atoms with E-state index < -0.39 is 5.41 Å². The quantitative estimate of drug-likeness (QED) is 0.783. The van der Waals surface area contributed by atoms with Gasteiger partial charge in [-0.3, -0.25) is 4.79 Å². The van der Waals surface area contributed by atoms with Crippen LogP contribution in [0, 0.1) is 6.92 Å². The van der Waals surface area contributed by atoms with Gasteiger partial charge in [-0.25, -0.2) is 0 Å². The molecule has 1 aromatic heterocycles. The Balaban J connectivity index is 1.70. The zero-order chi connectivity index (χ0) is 19.7. The zero-order valence-corrected chi connectivity index (χ0v) is 16.7. The van der Waals surface area contributed by atoms with Gasteiger partial charge in [-0.15, -0.1) is 0 Å². The van der Waals surface area contributed by atoms with Gasteiger partial charge in [0.05, 0.1) is 19.6 Å². The predicted octanol–water partition coefficient (Wildman–Crippen LogP) is 3.57. The van der Waals surface area contributed by atoms with E-state index in [1.807, 2.05) is 23.1 Å². The summed E-state index contributed by atoms with van der Waals surface area (Å²) in [5.41, 5.74) is 0.469. The number of carbonyl (C=O) groups excluding carboxylic acids is 1. The standard InChI is InChI=1S/C21H27N3O4/c1-14-22-19(28-23-14)16-7-6-12-24(16)20(25)21(10-4-5-11-21)15-8-9-17(26-2)18(13-15)27-3/h8-9,13,16H,4-7,10-12H2,1-3H3/t16-/m0/s1. The van der Waals surface area contributed by atoms with Gasteiger partial charge < -0.3 is 18.9 Å². The fraction of sp³-hybridized carbons (Fsp3) is 0.571. The minimum Gasteiger partial charge on any atom is -0.493 e. The average molecular weight is 385 g/mol. The third kappa shape index (κ3) is 3.02. The van der Waals surface area contributed by atoms with Crippen molar-refractivity contribution in [1.29, 1.82) is 0 Å². The topological polar surface area (TPSA) is 77.7 Å². The van der Waals surface area contributed by atoms with Crippen molar-refractivity contribution in [2.24, 2.45) is 0 Å². The maximum atomic E-state index is 13.9. The van der Waals surface area contributed by atoms with Crippen LogP contribution in [0.1, 0.15) is 61.8 Å². The average Bonchev–Trinajstić information content (AvgIpc) is 3.47. The van der Waals surface area contributed by atoms with E-state index in [0.29, 0.717) is 23.2 Å². The first-order valence-electron chi connectivity index (χ1n) is 9.93. The highest BCUT2D eigenvalue weighted by Crippen LogP contribution is 2.47. The van der Waals surface area contributed by atoms with Gasteiger partial charge >= 0.3 is 0 Å². The number of hydrogen-bond donors (Lipinski definition) is 0. The van der Waals surface area contributed by atoms with E-state index in [1.54, 1.807) is 21.1 Å². The third-order valence-electron chi connectivity index (χ3n) is 6.14. The largest absolute Gasteiger partial charge is 0.493 e. The first-order chi connectivity index (χ1) is 13.6. The summed E-state index contributed by atoms with van der Waals surface area (Å²) in [5.74, 6) is 2.64. The molecule has 0 unspecified atom stereocenters. The lowest BCUT2D eigenvalue weighted by Gasteiger charge is -2.35. The van der Waals surface area contributed by atoms with Gasteiger partial charge in [-0.05, 0) is 50.3 Å². The molecule has 0 spiro atoms. The molecule has 7 heteroatoms. The summed E-state index contributed by atoms with van der Waals surface area (Å²) in [5, 5.41) is 3.92. The van der Waals surface area contributed by atoms with Crippen LogP contribution in [0.3, 0.4) is 0 Å². The number of aromatic nitrogens is 2. The number of benzene rings is 1. The Morgan fingerprint density at radius 3 is 2.57 bits per heavy atom. The van der Waals surface area contributed by atoms with Crippen LogP contribution in [-0.2, 0) is 10.2 Å². The van der Waals surface area contributed by atoms with Crippen molar-refractivity contribution in [3.63, 3.8) is 0 Å². The number of rotatable bonds is 5. The molecule has 1 aliphatic carbocycles. The van der Waals surface area contributed by atoms with Crippen LogP contribution in [0.4, 0.5) is 0 Å². The minimum absolute atomic E-state index is 0.133. The predicted molar refractivity (Wildman–Crippen MR) is 102 cm³/mol. The highest BCUT2D eigenvalue weighted by molar-refractivity contribution is 5.89. The third-order valence-corrected chi connectivity index (χ3v) is 6.14. The van der Waals surface area contributed by atoms with Crippen molar-refractivity contribution in [2.75, 3.05) is 20.8 Å². The van der Waals surface area contributed by atoms with Gasteiger partial charge in [0.15, 0.2) is 17.3 Å². The second kappa shape index (κ2) is 7.45. The van der Waals surface area contributed by atoms with Crippen LogP contribution in [0.2, 0.25) is 0 Å². The van der Waals surface area contributed by atoms with Crippen LogP contribution >= 0.6 is 0 Å². The maximum Gasteiger partial charge on any atom is 0.249 e. The van der Waals surface area contributed by atoms with Gasteiger partial charge in [0, 0.05) is 6.54 Å². The molecule has 1 aliphatic heterocycles. The van der Waals surface area contributed by atoms with Crippen molar-refractivity contribution >= 4 is 5.91 Å². The molecule has 2 aromatic rings. The van der Waals surface area contributed by atoms with E-state index in [1.165, 1.54) is 0 Å². The van der Waals surface area contributed by atoms with E-state index in [2.05, 4.69) is 10.1 Å². The van der Waals surface area contributed by atoms with Crippen LogP contribution in [0.25, 0.3) is 0 Å². The molecular weight excluding hydrogens is 358 g/mol. The lowest BCUT2D eigenvalue weighted by molar-refractivity contribution is -0.138. The first-order valence-corrected chi connectivity index (χ1v) is 9.93. The van der Waals surface area contributed by atoms with E-state index in [0.717, 1.165) is 50.6 Å². The number of nitrogens with zero attached hydrogens (tertiary/aromatic N) is 3. The summed E-state index contributed by atoms with van der Waals surface area (Å²) in [6.45, 7) is 2.52. The number of carbonyl (C=O) groups is 1. The van der Waals surface area contributed by atoms with Gasteiger partial charge in [-0.1, -0.05) is 24.1 Å². The molecule has 0 bridgehead atoms. The van der Waals surface area contributed by atoms with Crippen molar-refractivity contribution in [1.82, 2.24) is 15.0 Å². The molecule has 7 nitrogen and oxygen atoms in total. The summed E-state index contributed by atoms with van der Waals surface area (Å²) >= 11 is 0. The summed E-state index contributed by atoms with van der Waals surface area (Å²) in [4.78, 5) is 20.2. The van der Waals surface area contributed by atoms with E-state index in [-0.39, 0.29) is 11.9 Å². The Bertz CT molecular complexity index is 857. The van der Waals surface area contributed by atoms with Gasteiger partial charge in [-0.2, -0.15) is 4.98 Å². The molecule has 1 saturated carbocycles. The van der Waals surface area contributed by atoms with Crippen molar-refractivity contribution in [3.05, 3.63) is 35.5 Å². The van der Waals surface area contributed by atoms with E-state index >= 15 is 0 Å². The number of amides is 1. The van der Waals surface area contributed by atoms with Gasteiger partial charge in [0.1, 0.15) is 6.04 Å². The summed E-state index contributed by atoms with van der Waals surface area (Å²) < 4.78 is 16.3. The number of ether oxygens (including phenoxy) is 2. The summed E-state index contributed by atoms with van der Waals surface area (Å²) in [6, 6.07) is 5.73. The molecule has 2 fully saturated rings. The normalized spacial score (nSPS) is 21.1. The Hall–Kier alpha value is -2.57. The zero-order valence-electron chi connectivity index (χ0n) is 16.7. The van der Waals surface area contributed by atoms with Gasteiger partial charge in [0.2, 0.25) is 11.8 Å². The number of methoxy groups -OCH3 is 2. The Kier molecular flexibility index (Phi) is 5.00. The SMILES string of the molecule is COc1ccc(C2(C(=O)N3CCC[C@H]3c3nc(C)no3)CCCC2)cc1OC. The lowest BCUT2D eigenvalue weighted by atomic mass is 9.77. The van der Waals surface area contributed by atoms with E-state index in [4.69, 9.17) is 14.0 Å². The van der Waals surface area contributed by atoms with E-state index in [9.17, 15) is 4.79 Å². The number of aryl methyl sites for hydroxylation is 1. The van der Waals surface area contributed by atoms with Crippen molar-refractivity contribution in [2.45, 2.75) is 56.9 Å².